The van der Waals surface area contributed by atoms with Crippen LogP contribution in [0, 0.1) is 0 Å². The molecule has 1 rings (SSSR count). The number of benzene rings is 1. The van der Waals surface area contributed by atoms with Gasteiger partial charge in [0.15, 0.2) is 0 Å². The average Bonchev–Trinajstić information content (AvgIpc) is 2.51. The molecule has 3 N–H and O–H groups in total. The van der Waals surface area contributed by atoms with Crippen molar-refractivity contribution in [2.75, 3.05) is 6.61 Å². The minimum atomic E-state index is -1.33. The molecule has 23 heavy (non-hydrogen) atoms. The van der Waals surface area contributed by atoms with E-state index in [0.29, 0.717) is 0 Å². The molecule has 0 heterocycles. The number of carbonyl (C=O) groups is 4. The Balaban J connectivity index is 2.81. The number of carboxylic acid groups (broad SMARTS) is 2. The van der Waals surface area contributed by atoms with Gasteiger partial charge in [0.2, 0.25) is 0 Å². The molecule has 0 saturated carbocycles. The number of aromatic carboxylic acids is 1. The molecule has 0 spiro atoms. The van der Waals surface area contributed by atoms with E-state index >= 15 is 0 Å². The van der Waals surface area contributed by atoms with Gasteiger partial charge < -0.3 is 20.3 Å². The lowest BCUT2D eigenvalue weighted by atomic mass is 10.1. The molecule has 0 aliphatic carbocycles. The summed E-state index contributed by atoms with van der Waals surface area (Å²) >= 11 is 0. The van der Waals surface area contributed by atoms with Crippen molar-refractivity contribution in [3.05, 3.63) is 35.4 Å². The van der Waals surface area contributed by atoms with Crippen molar-refractivity contribution in [3.63, 3.8) is 0 Å². The fourth-order valence-electron chi connectivity index (χ4n) is 1.86. The molecular formula is C15H17NO7. The number of nitrogens with one attached hydrogen (secondary N) is 1. The molecule has 0 aromatic heterocycles. The molecule has 1 aromatic carbocycles. The van der Waals surface area contributed by atoms with Crippen LogP contribution in [0.2, 0.25) is 0 Å². The maximum atomic E-state index is 12.1. The lowest BCUT2D eigenvalue weighted by molar-refractivity contribution is -0.144. The summed E-state index contributed by atoms with van der Waals surface area (Å²) in [6, 6.07) is 4.12. The van der Waals surface area contributed by atoms with E-state index in [1.54, 1.807) is 6.92 Å². The number of amides is 1. The normalized spacial score (nSPS) is 11.3. The summed E-state index contributed by atoms with van der Waals surface area (Å²) in [6.45, 7) is 1.80. The molecule has 8 nitrogen and oxygen atoms in total. The van der Waals surface area contributed by atoms with Gasteiger partial charge in [0.05, 0.1) is 17.7 Å². The summed E-state index contributed by atoms with van der Waals surface area (Å²) in [4.78, 5) is 45.6. The van der Waals surface area contributed by atoms with Gasteiger partial charge in [-0.05, 0) is 25.5 Å². The van der Waals surface area contributed by atoms with Gasteiger partial charge in [-0.3, -0.25) is 9.59 Å². The number of carboxylic acids is 2. The van der Waals surface area contributed by atoms with Gasteiger partial charge in [-0.25, -0.2) is 9.59 Å². The topological polar surface area (TPSA) is 130 Å². The summed E-state index contributed by atoms with van der Waals surface area (Å²) in [6.07, 6.45) is -0.333. The Labute approximate surface area is 132 Å². The first-order valence-corrected chi connectivity index (χ1v) is 6.88. The highest BCUT2D eigenvalue weighted by Gasteiger charge is 2.24. The number of aliphatic carboxylic acids is 1. The molecule has 0 fully saturated rings. The second-order valence-corrected chi connectivity index (χ2v) is 4.56. The van der Waals surface area contributed by atoms with Crippen LogP contribution in [-0.2, 0) is 14.3 Å². The predicted molar refractivity (Wildman–Crippen MR) is 78.2 cm³/mol. The van der Waals surface area contributed by atoms with Crippen molar-refractivity contribution in [3.8, 4) is 0 Å². The zero-order valence-corrected chi connectivity index (χ0v) is 12.4. The van der Waals surface area contributed by atoms with E-state index in [1.165, 1.54) is 24.3 Å². The van der Waals surface area contributed by atoms with Gasteiger partial charge in [-0.2, -0.15) is 0 Å². The Morgan fingerprint density at radius 1 is 1.13 bits per heavy atom. The molecule has 1 atom stereocenters. The average molecular weight is 323 g/mol. The van der Waals surface area contributed by atoms with E-state index in [9.17, 15) is 19.2 Å². The van der Waals surface area contributed by atoms with Crippen molar-refractivity contribution >= 4 is 23.8 Å². The zero-order chi connectivity index (χ0) is 17.4. The second kappa shape index (κ2) is 8.52. The summed E-state index contributed by atoms with van der Waals surface area (Å²) in [5, 5.41) is 20.4. The summed E-state index contributed by atoms with van der Waals surface area (Å²) in [5.74, 6) is -4.03. The zero-order valence-electron chi connectivity index (χ0n) is 12.4. The molecule has 0 aliphatic rings. The first-order chi connectivity index (χ1) is 10.9. The van der Waals surface area contributed by atoms with Crippen molar-refractivity contribution in [2.45, 2.75) is 25.8 Å². The van der Waals surface area contributed by atoms with Crippen LogP contribution in [0.5, 0.6) is 0 Å². The fourth-order valence-corrected chi connectivity index (χ4v) is 1.86. The van der Waals surface area contributed by atoms with Crippen molar-refractivity contribution < 1.29 is 34.1 Å². The SMILES string of the molecule is CCOC(=O)CC[C@@H](NC(=O)c1ccccc1C(=O)O)C(=O)O. The molecule has 0 bridgehead atoms. The molecular weight excluding hydrogens is 306 g/mol. The van der Waals surface area contributed by atoms with E-state index in [2.05, 4.69) is 10.1 Å². The van der Waals surface area contributed by atoms with E-state index in [1.807, 2.05) is 0 Å². The van der Waals surface area contributed by atoms with Crippen LogP contribution in [-0.4, -0.2) is 46.7 Å². The maximum Gasteiger partial charge on any atom is 0.336 e. The third kappa shape index (κ3) is 5.42. The largest absolute Gasteiger partial charge is 0.480 e. The standard InChI is InChI=1S/C15H17NO7/c1-2-23-12(17)8-7-11(15(21)22)16-13(18)9-5-3-4-6-10(9)14(19)20/h3-6,11H,2,7-8H2,1H3,(H,16,18)(H,19,20)(H,21,22)/t11-/m1/s1. The maximum absolute atomic E-state index is 12.1. The summed E-state index contributed by atoms with van der Waals surface area (Å²) in [7, 11) is 0. The Morgan fingerprint density at radius 2 is 1.74 bits per heavy atom. The molecule has 0 unspecified atom stereocenters. The smallest absolute Gasteiger partial charge is 0.336 e. The minimum Gasteiger partial charge on any atom is -0.480 e. The highest BCUT2D eigenvalue weighted by molar-refractivity contribution is 6.05. The minimum absolute atomic E-state index is 0.151. The van der Waals surface area contributed by atoms with E-state index < -0.39 is 29.9 Å². The Hall–Kier alpha value is -2.90. The number of rotatable bonds is 8. The van der Waals surface area contributed by atoms with Gasteiger partial charge >= 0.3 is 17.9 Å². The van der Waals surface area contributed by atoms with Crippen LogP contribution in [0.4, 0.5) is 0 Å². The summed E-state index contributed by atoms with van der Waals surface area (Å²) < 4.78 is 4.69. The van der Waals surface area contributed by atoms with E-state index in [0.717, 1.165) is 0 Å². The van der Waals surface area contributed by atoms with Crippen LogP contribution >= 0.6 is 0 Å². The fraction of sp³-hybridized carbons (Fsp3) is 0.333. The van der Waals surface area contributed by atoms with Gasteiger partial charge in [-0.15, -0.1) is 0 Å². The third-order valence-corrected chi connectivity index (χ3v) is 2.95. The molecule has 8 heteroatoms. The monoisotopic (exact) mass is 323 g/mol. The molecule has 0 aliphatic heterocycles. The van der Waals surface area contributed by atoms with Crippen molar-refractivity contribution in [2.24, 2.45) is 0 Å². The number of hydrogen-bond acceptors (Lipinski definition) is 5. The molecule has 0 saturated heterocycles. The van der Waals surface area contributed by atoms with Crippen LogP contribution in [0.15, 0.2) is 24.3 Å². The van der Waals surface area contributed by atoms with E-state index in [4.69, 9.17) is 10.2 Å². The number of esters is 1. The van der Waals surface area contributed by atoms with Gasteiger partial charge in [0, 0.05) is 6.42 Å². The lowest BCUT2D eigenvalue weighted by Gasteiger charge is -2.15. The van der Waals surface area contributed by atoms with Crippen LogP contribution < -0.4 is 5.32 Å². The molecule has 1 amide bonds. The Bertz CT molecular complexity index is 612. The van der Waals surface area contributed by atoms with Crippen LogP contribution in [0.1, 0.15) is 40.5 Å². The Kier molecular flexibility index (Phi) is 6.72. The molecule has 0 radical (unpaired) electrons. The number of hydrogen-bond donors (Lipinski definition) is 3. The van der Waals surface area contributed by atoms with Crippen molar-refractivity contribution in [1.29, 1.82) is 0 Å². The number of carbonyl (C=O) groups excluding carboxylic acids is 2. The summed E-state index contributed by atoms with van der Waals surface area (Å²) in [5.41, 5.74) is -0.387. The van der Waals surface area contributed by atoms with Gasteiger partial charge in [-0.1, -0.05) is 12.1 Å². The van der Waals surface area contributed by atoms with E-state index in [-0.39, 0.29) is 30.6 Å². The first-order valence-electron chi connectivity index (χ1n) is 6.88. The highest BCUT2D eigenvalue weighted by Crippen LogP contribution is 2.10. The first kappa shape index (κ1) is 18.1. The van der Waals surface area contributed by atoms with Gasteiger partial charge in [0.25, 0.3) is 5.91 Å². The molecule has 124 valence electrons. The lowest BCUT2D eigenvalue weighted by Crippen LogP contribution is -2.41. The van der Waals surface area contributed by atoms with Gasteiger partial charge in [0.1, 0.15) is 6.04 Å². The Morgan fingerprint density at radius 3 is 2.26 bits per heavy atom. The second-order valence-electron chi connectivity index (χ2n) is 4.56. The highest BCUT2D eigenvalue weighted by atomic mass is 16.5. The van der Waals surface area contributed by atoms with Crippen LogP contribution in [0.3, 0.4) is 0 Å². The van der Waals surface area contributed by atoms with Crippen LogP contribution in [0.25, 0.3) is 0 Å². The third-order valence-electron chi connectivity index (χ3n) is 2.95. The quantitative estimate of drug-likeness (QED) is 0.606. The molecule has 1 aromatic rings. The van der Waals surface area contributed by atoms with Crippen molar-refractivity contribution in [1.82, 2.24) is 5.32 Å². The number of ether oxygens (including phenoxy) is 1. The predicted octanol–water partition coefficient (Wildman–Crippen LogP) is 0.911.